The largest absolute Gasteiger partial charge is 0.478 e. The normalized spacial score (nSPS) is 22.6. The molecule has 0 fully saturated rings. The van der Waals surface area contributed by atoms with Gasteiger partial charge in [-0.2, -0.15) is 0 Å². The fraction of sp³-hybridized carbons (Fsp3) is 0.353. The smallest absolute Gasteiger partial charge is 0.336 e. The van der Waals surface area contributed by atoms with Gasteiger partial charge in [-0.05, 0) is 31.4 Å². The predicted molar refractivity (Wildman–Crippen MR) is 80.8 cm³/mol. The van der Waals surface area contributed by atoms with Crippen LogP contribution >= 0.6 is 0 Å². The highest BCUT2D eigenvalue weighted by Crippen LogP contribution is 2.24. The summed E-state index contributed by atoms with van der Waals surface area (Å²) in [6, 6.07) is 7.96. The van der Waals surface area contributed by atoms with Gasteiger partial charge in [-0.3, -0.25) is 4.90 Å². The first kappa shape index (κ1) is 14.5. The molecule has 1 aliphatic rings. The van der Waals surface area contributed by atoms with Crippen LogP contribution in [0.4, 0.5) is 0 Å². The molecule has 106 valence electrons. The Labute approximate surface area is 120 Å². The van der Waals surface area contributed by atoms with Crippen LogP contribution in [0, 0.1) is 0 Å². The molecule has 0 radical (unpaired) electrons. The summed E-state index contributed by atoms with van der Waals surface area (Å²) in [6.07, 6.45) is 8.24. The molecule has 0 saturated heterocycles. The monoisotopic (exact) mass is 271 g/mol. The lowest BCUT2D eigenvalue weighted by molar-refractivity contribution is 0.0692. The molecule has 0 aliphatic carbocycles. The first-order valence-corrected chi connectivity index (χ1v) is 6.98. The summed E-state index contributed by atoms with van der Waals surface area (Å²) in [6.45, 7) is 6.63. The number of benzene rings is 1. The molecule has 1 heterocycles. The number of aromatic carboxylic acids is 1. The maximum absolute atomic E-state index is 11.3. The molecule has 3 nitrogen and oxygen atoms in total. The fourth-order valence-corrected chi connectivity index (χ4v) is 2.77. The zero-order chi connectivity index (χ0) is 14.5. The summed E-state index contributed by atoms with van der Waals surface area (Å²) in [5.74, 6) is -0.860. The van der Waals surface area contributed by atoms with Crippen LogP contribution < -0.4 is 0 Å². The fourth-order valence-electron chi connectivity index (χ4n) is 2.77. The van der Waals surface area contributed by atoms with E-state index in [1.807, 2.05) is 18.2 Å². The van der Waals surface area contributed by atoms with Gasteiger partial charge in [-0.15, -0.1) is 6.58 Å². The molecule has 2 rings (SSSR count). The summed E-state index contributed by atoms with van der Waals surface area (Å²) < 4.78 is 0. The second-order valence-corrected chi connectivity index (χ2v) is 5.22. The number of carbonyl (C=O) groups is 1. The van der Waals surface area contributed by atoms with Crippen LogP contribution in [0.15, 0.2) is 49.1 Å². The summed E-state index contributed by atoms with van der Waals surface area (Å²) >= 11 is 0. The molecule has 1 N–H and O–H groups in total. The highest BCUT2D eigenvalue weighted by Gasteiger charge is 2.25. The Bertz CT molecular complexity index is 521. The second-order valence-electron chi connectivity index (χ2n) is 5.22. The summed E-state index contributed by atoms with van der Waals surface area (Å²) in [4.78, 5) is 13.7. The zero-order valence-corrected chi connectivity index (χ0v) is 11.8. The van der Waals surface area contributed by atoms with Crippen LogP contribution in [0.1, 0.15) is 35.7 Å². The van der Waals surface area contributed by atoms with Gasteiger partial charge in [0.1, 0.15) is 0 Å². The van der Waals surface area contributed by atoms with E-state index in [1.165, 1.54) is 0 Å². The van der Waals surface area contributed by atoms with Gasteiger partial charge in [0.25, 0.3) is 0 Å². The molecule has 0 saturated carbocycles. The Balaban J connectivity index is 2.24. The van der Waals surface area contributed by atoms with E-state index >= 15 is 0 Å². The Kier molecular flexibility index (Phi) is 4.74. The van der Waals surface area contributed by atoms with Gasteiger partial charge < -0.3 is 5.11 Å². The lowest BCUT2D eigenvalue weighted by atomic mass is 9.98. The van der Waals surface area contributed by atoms with E-state index in [0.29, 0.717) is 24.2 Å². The maximum Gasteiger partial charge on any atom is 0.336 e. The second kappa shape index (κ2) is 6.53. The van der Waals surface area contributed by atoms with Crippen LogP contribution in [0.3, 0.4) is 0 Å². The van der Waals surface area contributed by atoms with Crippen molar-refractivity contribution < 1.29 is 9.90 Å². The highest BCUT2D eigenvalue weighted by molar-refractivity contribution is 5.89. The molecule has 0 amide bonds. The highest BCUT2D eigenvalue weighted by atomic mass is 16.4. The average molecular weight is 271 g/mol. The van der Waals surface area contributed by atoms with Gasteiger partial charge in [0, 0.05) is 18.6 Å². The molecule has 2 atom stereocenters. The molecule has 0 spiro atoms. The third-order valence-corrected chi connectivity index (χ3v) is 3.85. The minimum atomic E-state index is -0.860. The molecule has 0 aromatic heterocycles. The van der Waals surface area contributed by atoms with E-state index in [2.05, 4.69) is 30.6 Å². The SMILES string of the molecule is C=CC[C@@H]1CC=C[C@@H](C)N1Cc1ccccc1C(=O)O. The number of hydrogen-bond donors (Lipinski definition) is 1. The quantitative estimate of drug-likeness (QED) is 0.833. The van der Waals surface area contributed by atoms with E-state index in [-0.39, 0.29) is 0 Å². The Morgan fingerprint density at radius 3 is 2.95 bits per heavy atom. The number of carboxylic acid groups (broad SMARTS) is 1. The standard InChI is InChI=1S/C17H21NO2/c1-3-7-15-10-6-8-13(2)18(15)12-14-9-4-5-11-16(14)17(19)20/h3-6,8-9,11,13,15H,1,7,10,12H2,2H3,(H,19,20)/t13-,15-/m1/s1. The molecule has 20 heavy (non-hydrogen) atoms. The third kappa shape index (κ3) is 3.17. The van der Waals surface area contributed by atoms with Crippen molar-refractivity contribution in [2.45, 2.75) is 38.4 Å². The first-order chi connectivity index (χ1) is 9.63. The lowest BCUT2D eigenvalue weighted by Crippen LogP contribution is -2.42. The van der Waals surface area contributed by atoms with Gasteiger partial charge in [-0.25, -0.2) is 4.79 Å². The molecule has 3 heteroatoms. The Morgan fingerprint density at radius 2 is 2.25 bits per heavy atom. The molecule has 0 unspecified atom stereocenters. The summed E-state index contributed by atoms with van der Waals surface area (Å²) in [7, 11) is 0. The average Bonchev–Trinajstić information content (AvgIpc) is 2.43. The molecular weight excluding hydrogens is 250 g/mol. The molecular formula is C17H21NO2. The van der Waals surface area contributed by atoms with Crippen LogP contribution in [0.2, 0.25) is 0 Å². The van der Waals surface area contributed by atoms with Crippen LogP contribution in [0.25, 0.3) is 0 Å². The van der Waals surface area contributed by atoms with Crippen molar-refractivity contribution in [3.8, 4) is 0 Å². The van der Waals surface area contributed by atoms with Gasteiger partial charge in [0.15, 0.2) is 0 Å². The minimum Gasteiger partial charge on any atom is -0.478 e. The van der Waals surface area contributed by atoms with E-state index in [9.17, 15) is 9.90 Å². The van der Waals surface area contributed by atoms with Gasteiger partial charge in [0.05, 0.1) is 5.56 Å². The molecule has 1 aromatic carbocycles. The molecule has 1 aromatic rings. The number of rotatable bonds is 5. The van der Waals surface area contributed by atoms with Crippen molar-refractivity contribution in [2.24, 2.45) is 0 Å². The van der Waals surface area contributed by atoms with E-state index in [4.69, 9.17) is 0 Å². The van der Waals surface area contributed by atoms with E-state index in [0.717, 1.165) is 18.4 Å². The minimum absolute atomic E-state index is 0.315. The van der Waals surface area contributed by atoms with Crippen molar-refractivity contribution in [1.82, 2.24) is 4.90 Å². The van der Waals surface area contributed by atoms with Gasteiger partial charge in [0.2, 0.25) is 0 Å². The lowest BCUT2D eigenvalue weighted by Gasteiger charge is -2.37. The predicted octanol–water partition coefficient (Wildman–Crippen LogP) is 3.48. The van der Waals surface area contributed by atoms with Crippen molar-refractivity contribution in [1.29, 1.82) is 0 Å². The van der Waals surface area contributed by atoms with Crippen molar-refractivity contribution in [2.75, 3.05) is 0 Å². The van der Waals surface area contributed by atoms with Crippen molar-refractivity contribution in [3.05, 3.63) is 60.2 Å². The summed E-state index contributed by atoms with van der Waals surface area (Å²) in [5, 5.41) is 9.28. The van der Waals surface area contributed by atoms with E-state index in [1.54, 1.807) is 12.1 Å². The third-order valence-electron chi connectivity index (χ3n) is 3.85. The van der Waals surface area contributed by atoms with E-state index < -0.39 is 5.97 Å². The molecule has 1 aliphatic heterocycles. The van der Waals surface area contributed by atoms with Crippen molar-refractivity contribution >= 4 is 5.97 Å². The maximum atomic E-state index is 11.3. The summed E-state index contributed by atoms with van der Waals surface area (Å²) in [5.41, 5.74) is 1.27. The number of nitrogens with zero attached hydrogens (tertiary/aromatic N) is 1. The van der Waals surface area contributed by atoms with Gasteiger partial charge >= 0.3 is 5.97 Å². The van der Waals surface area contributed by atoms with Crippen LogP contribution in [-0.2, 0) is 6.54 Å². The molecule has 0 bridgehead atoms. The Hall–Kier alpha value is -1.87. The number of hydrogen-bond acceptors (Lipinski definition) is 2. The van der Waals surface area contributed by atoms with Crippen molar-refractivity contribution in [3.63, 3.8) is 0 Å². The first-order valence-electron chi connectivity index (χ1n) is 6.98. The topological polar surface area (TPSA) is 40.5 Å². The van der Waals surface area contributed by atoms with Crippen LogP contribution in [-0.4, -0.2) is 28.1 Å². The van der Waals surface area contributed by atoms with Gasteiger partial charge in [-0.1, -0.05) is 36.4 Å². The Morgan fingerprint density at radius 1 is 1.50 bits per heavy atom. The number of carboxylic acids is 1. The zero-order valence-electron chi connectivity index (χ0n) is 11.8. The van der Waals surface area contributed by atoms with Crippen LogP contribution in [0.5, 0.6) is 0 Å².